The molecule has 0 aliphatic carbocycles. The Labute approximate surface area is 109 Å². The molecule has 0 bridgehead atoms. The zero-order chi connectivity index (χ0) is 13.1. The van der Waals surface area contributed by atoms with Gasteiger partial charge >= 0.3 is 0 Å². The first-order valence-electron chi connectivity index (χ1n) is 7.68. The van der Waals surface area contributed by atoms with Crippen molar-refractivity contribution in [3.8, 4) is 0 Å². The van der Waals surface area contributed by atoms with Crippen LogP contribution in [0, 0.1) is 5.92 Å². The highest BCUT2D eigenvalue weighted by Crippen LogP contribution is 2.16. The van der Waals surface area contributed by atoms with Gasteiger partial charge in [0.1, 0.15) is 0 Å². The third-order valence-electron chi connectivity index (χ3n) is 3.93. The summed E-state index contributed by atoms with van der Waals surface area (Å²) < 4.78 is 0. The van der Waals surface area contributed by atoms with Crippen molar-refractivity contribution >= 4 is 0 Å². The van der Waals surface area contributed by atoms with Gasteiger partial charge in [-0.2, -0.15) is 0 Å². The van der Waals surface area contributed by atoms with Crippen molar-refractivity contribution in [2.45, 2.75) is 66.3 Å². The van der Waals surface area contributed by atoms with Crippen LogP contribution in [-0.2, 0) is 0 Å². The molecule has 1 unspecified atom stereocenters. The van der Waals surface area contributed by atoms with Crippen LogP contribution in [0.5, 0.6) is 0 Å². The second kappa shape index (κ2) is 11.0. The molecule has 104 valence electrons. The summed E-state index contributed by atoms with van der Waals surface area (Å²) in [7, 11) is 0. The zero-order valence-corrected chi connectivity index (χ0v) is 12.8. The number of hydrogen-bond donors (Lipinski definition) is 1. The standard InChI is InChI=1S/C15H34N2/c1-6-12-16-15(14(7-2)8-3)11-13-17(9-4)10-5/h14-16H,6-13H2,1-5H3. The number of nitrogens with one attached hydrogen (secondary N) is 1. The molecule has 0 aromatic carbocycles. The third kappa shape index (κ3) is 7.05. The van der Waals surface area contributed by atoms with Crippen LogP contribution in [0.15, 0.2) is 0 Å². The van der Waals surface area contributed by atoms with Gasteiger partial charge in [0.2, 0.25) is 0 Å². The van der Waals surface area contributed by atoms with E-state index in [0.717, 1.165) is 5.92 Å². The monoisotopic (exact) mass is 242 g/mol. The summed E-state index contributed by atoms with van der Waals surface area (Å²) in [4.78, 5) is 2.53. The second-order valence-corrected chi connectivity index (χ2v) is 4.95. The van der Waals surface area contributed by atoms with Crippen LogP contribution in [0.25, 0.3) is 0 Å². The lowest BCUT2D eigenvalue weighted by atomic mass is 9.91. The SMILES string of the molecule is CCCNC(CCN(CC)CC)C(CC)CC. The average Bonchev–Trinajstić information content (AvgIpc) is 2.37. The fraction of sp³-hybridized carbons (Fsp3) is 1.00. The summed E-state index contributed by atoms with van der Waals surface area (Å²) in [5.74, 6) is 0.845. The second-order valence-electron chi connectivity index (χ2n) is 4.95. The highest BCUT2D eigenvalue weighted by molar-refractivity contribution is 4.76. The largest absolute Gasteiger partial charge is 0.314 e. The molecule has 1 N–H and O–H groups in total. The van der Waals surface area contributed by atoms with E-state index in [4.69, 9.17) is 0 Å². The van der Waals surface area contributed by atoms with Crippen LogP contribution in [0.4, 0.5) is 0 Å². The van der Waals surface area contributed by atoms with Gasteiger partial charge in [-0.25, -0.2) is 0 Å². The number of hydrogen-bond acceptors (Lipinski definition) is 2. The summed E-state index contributed by atoms with van der Waals surface area (Å²) >= 11 is 0. The summed E-state index contributed by atoms with van der Waals surface area (Å²) in [5.41, 5.74) is 0. The molecule has 0 aliphatic heterocycles. The minimum absolute atomic E-state index is 0.713. The first-order valence-corrected chi connectivity index (χ1v) is 7.68. The molecule has 0 aliphatic rings. The highest BCUT2D eigenvalue weighted by Gasteiger charge is 2.18. The molecular formula is C15H34N2. The van der Waals surface area contributed by atoms with Crippen molar-refractivity contribution in [1.29, 1.82) is 0 Å². The van der Waals surface area contributed by atoms with Gasteiger partial charge in [-0.3, -0.25) is 0 Å². The van der Waals surface area contributed by atoms with Crippen LogP contribution in [0.2, 0.25) is 0 Å². The van der Waals surface area contributed by atoms with E-state index in [-0.39, 0.29) is 0 Å². The molecule has 0 saturated heterocycles. The van der Waals surface area contributed by atoms with E-state index in [9.17, 15) is 0 Å². The van der Waals surface area contributed by atoms with Crippen molar-refractivity contribution in [2.24, 2.45) is 5.92 Å². The highest BCUT2D eigenvalue weighted by atomic mass is 15.1. The lowest BCUT2D eigenvalue weighted by Gasteiger charge is -2.29. The van der Waals surface area contributed by atoms with Crippen LogP contribution >= 0.6 is 0 Å². The minimum Gasteiger partial charge on any atom is -0.314 e. The Bertz CT molecular complexity index is 151. The van der Waals surface area contributed by atoms with Gasteiger partial charge < -0.3 is 10.2 Å². The maximum atomic E-state index is 3.75. The first-order chi connectivity index (χ1) is 8.23. The van der Waals surface area contributed by atoms with Gasteiger partial charge in [0.15, 0.2) is 0 Å². The minimum atomic E-state index is 0.713. The molecule has 0 aromatic heterocycles. The van der Waals surface area contributed by atoms with Crippen molar-refractivity contribution < 1.29 is 0 Å². The van der Waals surface area contributed by atoms with Crippen molar-refractivity contribution in [3.63, 3.8) is 0 Å². The molecule has 0 rings (SSSR count). The molecule has 2 nitrogen and oxygen atoms in total. The molecule has 17 heavy (non-hydrogen) atoms. The van der Waals surface area contributed by atoms with Crippen LogP contribution < -0.4 is 5.32 Å². The maximum absolute atomic E-state index is 3.75. The van der Waals surface area contributed by atoms with Gasteiger partial charge in [0.05, 0.1) is 0 Å². The molecule has 2 heteroatoms. The van der Waals surface area contributed by atoms with Gasteiger partial charge in [-0.1, -0.05) is 47.5 Å². The summed E-state index contributed by atoms with van der Waals surface area (Å²) in [6.07, 6.45) is 5.14. The van der Waals surface area contributed by atoms with Gasteiger partial charge in [0, 0.05) is 6.04 Å². The van der Waals surface area contributed by atoms with Crippen LogP contribution in [0.1, 0.15) is 60.3 Å². The Morgan fingerprint density at radius 1 is 0.941 bits per heavy atom. The molecule has 0 aromatic rings. The third-order valence-corrected chi connectivity index (χ3v) is 3.93. The van der Waals surface area contributed by atoms with Crippen molar-refractivity contribution in [3.05, 3.63) is 0 Å². The first kappa shape index (κ1) is 16.9. The Kier molecular flexibility index (Phi) is 11.0. The number of rotatable bonds is 11. The van der Waals surface area contributed by atoms with Crippen LogP contribution in [0.3, 0.4) is 0 Å². The fourth-order valence-electron chi connectivity index (χ4n) is 2.55. The molecule has 0 spiro atoms. The van der Waals surface area contributed by atoms with Gasteiger partial charge in [-0.05, 0) is 44.9 Å². The van der Waals surface area contributed by atoms with E-state index in [2.05, 4.69) is 44.8 Å². The predicted octanol–water partition coefficient (Wildman–Crippen LogP) is 3.52. The van der Waals surface area contributed by atoms with Crippen molar-refractivity contribution in [1.82, 2.24) is 10.2 Å². The van der Waals surface area contributed by atoms with Crippen LogP contribution in [-0.4, -0.2) is 37.1 Å². The summed E-state index contributed by atoms with van der Waals surface area (Å²) in [6.45, 7) is 16.2. The Balaban J connectivity index is 4.16. The van der Waals surface area contributed by atoms with Gasteiger partial charge in [0.25, 0.3) is 0 Å². The molecular weight excluding hydrogens is 208 g/mol. The topological polar surface area (TPSA) is 15.3 Å². The number of nitrogens with zero attached hydrogens (tertiary/aromatic N) is 1. The van der Waals surface area contributed by atoms with Crippen molar-refractivity contribution in [2.75, 3.05) is 26.2 Å². The van der Waals surface area contributed by atoms with E-state index in [1.165, 1.54) is 51.9 Å². The quantitative estimate of drug-likeness (QED) is 0.596. The molecule has 1 atom stereocenters. The predicted molar refractivity (Wildman–Crippen MR) is 78.6 cm³/mol. The van der Waals surface area contributed by atoms with E-state index in [0.29, 0.717) is 6.04 Å². The smallest absolute Gasteiger partial charge is 0.0107 e. The zero-order valence-electron chi connectivity index (χ0n) is 12.8. The van der Waals surface area contributed by atoms with E-state index in [1.807, 2.05) is 0 Å². The molecule has 0 saturated carbocycles. The Morgan fingerprint density at radius 2 is 1.53 bits per heavy atom. The average molecular weight is 242 g/mol. The van der Waals surface area contributed by atoms with E-state index in [1.54, 1.807) is 0 Å². The fourth-order valence-corrected chi connectivity index (χ4v) is 2.55. The normalized spacial score (nSPS) is 13.6. The maximum Gasteiger partial charge on any atom is 0.0107 e. The Morgan fingerprint density at radius 3 is 1.94 bits per heavy atom. The summed E-state index contributed by atoms with van der Waals surface area (Å²) in [5, 5.41) is 3.75. The lowest BCUT2D eigenvalue weighted by Crippen LogP contribution is -2.39. The molecule has 0 radical (unpaired) electrons. The van der Waals surface area contributed by atoms with E-state index >= 15 is 0 Å². The molecule has 0 heterocycles. The molecule has 0 amide bonds. The van der Waals surface area contributed by atoms with E-state index < -0.39 is 0 Å². The van der Waals surface area contributed by atoms with Gasteiger partial charge in [-0.15, -0.1) is 0 Å². The molecule has 0 fully saturated rings. The summed E-state index contributed by atoms with van der Waals surface area (Å²) in [6, 6.07) is 0.713. The Hall–Kier alpha value is -0.0800. The lowest BCUT2D eigenvalue weighted by molar-refractivity contribution is 0.246.